The van der Waals surface area contributed by atoms with E-state index in [9.17, 15) is 4.79 Å². The van der Waals surface area contributed by atoms with Gasteiger partial charge in [-0.25, -0.2) is 0 Å². The second kappa shape index (κ2) is 28.4. The van der Waals surface area contributed by atoms with E-state index < -0.39 is 0 Å². The standard InChI is InChI=1S/C30H52O3/c1-2-3-4-5-6-7-8-9-10-11-12-13-14-15-16-20-23-26-29-33-30(32)27-24-21-18-17-19-22-25-28-31/h6-7,9-10,12-13,15-16,31H,2-5,8,11,14,17-29H2,1H3/b7-6-,10-9-,13-12-,16-15-. The van der Waals surface area contributed by atoms with Crippen LogP contribution in [-0.4, -0.2) is 24.3 Å². The minimum absolute atomic E-state index is 0.0481. The van der Waals surface area contributed by atoms with Crippen LogP contribution in [0.4, 0.5) is 0 Å². The van der Waals surface area contributed by atoms with Gasteiger partial charge in [0, 0.05) is 13.0 Å². The van der Waals surface area contributed by atoms with Gasteiger partial charge in [-0.1, -0.05) is 100 Å². The van der Waals surface area contributed by atoms with Crippen LogP contribution in [0.1, 0.15) is 122 Å². The van der Waals surface area contributed by atoms with Crippen molar-refractivity contribution >= 4 is 5.97 Å². The van der Waals surface area contributed by atoms with Crippen LogP contribution < -0.4 is 0 Å². The molecule has 0 saturated heterocycles. The summed E-state index contributed by atoms with van der Waals surface area (Å²) in [5.41, 5.74) is 0. The van der Waals surface area contributed by atoms with Crippen molar-refractivity contribution in [3.8, 4) is 0 Å². The van der Waals surface area contributed by atoms with E-state index in [1.807, 2.05) is 0 Å². The van der Waals surface area contributed by atoms with Gasteiger partial charge in [-0.3, -0.25) is 4.79 Å². The Bertz CT molecular complexity index is 517. The SMILES string of the molecule is CCCCC/C=C\C/C=C\C/C=C\C/C=C\CCCCOC(=O)CCCCCCCCCO. The fraction of sp³-hybridized carbons (Fsp3) is 0.700. The van der Waals surface area contributed by atoms with E-state index in [2.05, 4.69) is 55.5 Å². The molecule has 0 amide bonds. The smallest absolute Gasteiger partial charge is 0.305 e. The quantitative estimate of drug-likeness (QED) is 0.0889. The molecule has 0 aliphatic rings. The zero-order valence-electron chi connectivity index (χ0n) is 21.5. The average molecular weight is 461 g/mol. The van der Waals surface area contributed by atoms with Gasteiger partial charge < -0.3 is 9.84 Å². The van der Waals surface area contributed by atoms with E-state index in [0.29, 0.717) is 19.6 Å². The molecule has 0 bridgehead atoms. The molecule has 0 heterocycles. The molecule has 0 unspecified atom stereocenters. The molecule has 0 aromatic rings. The van der Waals surface area contributed by atoms with Crippen molar-refractivity contribution in [3.05, 3.63) is 48.6 Å². The van der Waals surface area contributed by atoms with Crippen LogP contribution in [0, 0.1) is 0 Å². The van der Waals surface area contributed by atoms with Crippen molar-refractivity contribution in [2.24, 2.45) is 0 Å². The number of carbonyl (C=O) groups is 1. The van der Waals surface area contributed by atoms with Gasteiger partial charge in [0.25, 0.3) is 0 Å². The number of hydrogen-bond donors (Lipinski definition) is 1. The molecular weight excluding hydrogens is 408 g/mol. The first-order valence-corrected chi connectivity index (χ1v) is 13.7. The van der Waals surface area contributed by atoms with E-state index in [4.69, 9.17) is 9.84 Å². The Labute approximate surface area is 205 Å². The predicted molar refractivity (Wildman–Crippen MR) is 143 cm³/mol. The molecule has 0 radical (unpaired) electrons. The molecule has 0 spiro atoms. The highest BCUT2D eigenvalue weighted by Crippen LogP contribution is 2.09. The monoisotopic (exact) mass is 460 g/mol. The van der Waals surface area contributed by atoms with Crippen molar-refractivity contribution in [2.45, 2.75) is 122 Å². The molecule has 0 aliphatic carbocycles. The first-order valence-electron chi connectivity index (χ1n) is 13.7. The topological polar surface area (TPSA) is 46.5 Å². The van der Waals surface area contributed by atoms with Crippen molar-refractivity contribution in [1.29, 1.82) is 0 Å². The molecular formula is C30H52O3. The van der Waals surface area contributed by atoms with Gasteiger partial charge in [-0.2, -0.15) is 0 Å². The Kier molecular flexibility index (Phi) is 27.0. The third kappa shape index (κ3) is 28.4. The molecule has 190 valence electrons. The summed E-state index contributed by atoms with van der Waals surface area (Å²) >= 11 is 0. The maximum Gasteiger partial charge on any atom is 0.305 e. The van der Waals surface area contributed by atoms with Crippen molar-refractivity contribution < 1.29 is 14.6 Å². The summed E-state index contributed by atoms with van der Waals surface area (Å²) in [6, 6.07) is 0. The fourth-order valence-corrected chi connectivity index (χ4v) is 3.45. The van der Waals surface area contributed by atoms with Gasteiger partial charge in [0.15, 0.2) is 0 Å². The number of rotatable bonds is 24. The van der Waals surface area contributed by atoms with Gasteiger partial charge in [-0.15, -0.1) is 0 Å². The molecule has 0 saturated carbocycles. The number of aliphatic hydroxyl groups is 1. The minimum atomic E-state index is -0.0481. The number of allylic oxidation sites excluding steroid dienone is 8. The van der Waals surface area contributed by atoms with Crippen LogP contribution in [0.25, 0.3) is 0 Å². The van der Waals surface area contributed by atoms with E-state index in [0.717, 1.165) is 64.2 Å². The van der Waals surface area contributed by atoms with Crippen molar-refractivity contribution in [2.75, 3.05) is 13.2 Å². The Hall–Kier alpha value is -1.61. The Balaban J connectivity index is 3.38. The Morgan fingerprint density at radius 1 is 0.606 bits per heavy atom. The van der Waals surface area contributed by atoms with Crippen molar-refractivity contribution in [3.63, 3.8) is 0 Å². The zero-order chi connectivity index (χ0) is 24.1. The van der Waals surface area contributed by atoms with Crippen LogP contribution in [0.2, 0.25) is 0 Å². The third-order valence-electron chi connectivity index (χ3n) is 5.52. The second-order valence-electron chi connectivity index (χ2n) is 8.75. The summed E-state index contributed by atoms with van der Waals surface area (Å²) in [6.45, 7) is 3.09. The molecule has 3 heteroatoms. The van der Waals surface area contributed by atoms with Gasteiger partial charge in [0.05, 0.1) is 6.61 Å². The number of esters is 1. The molecule has 0 aromatic carbocycles. The average Bonchev–Trinajstić information content (AvgIpc) is 2.82. The minimum Gasteiger partial charge on any atom is -0.466 e. The van der Waals surface area contributed by atoms with Gasteiger partial charge >= 0.3 is 5.97 Å². The van der Waals surface area contributed by atoms with E-state index in [1.54, 1.807) is 0 Å². The van der Waals surface area contributed by atoms with E-state index in [1.165, 1.54) is 44.9 Å². The summed E-state index contributed by atoms with van der Waals surface area (Å²) in [5, 5.41) is 8.73. The molecule has 1 N–H and O–H groups in total. The third-order valence-corrected chi connectivity index (χ3v) is 5.52. The van der Waals surface area contributed by atoms with Crippen molar-refractivity contribution in [1.82, 2.24) is 0 Å². The number of hydrogen-bond acceptors (Lipinski definition) is 3. The number of carbonyl (C=O) groups excluding carboxylic acids is 1. The van der Waals surface area contributed by atoms with Gasteiger partial charge in [0.2, 0.25) is 0 Å². The highest BCUT2D eigenvalue weighted by Gasteiger charge is 2.02. The van der Waals surface area contributed by atoms with Crippen LogP contribution in [0.3, 0.4) is 0 Å². The number of ether oxygens (including phenoxy) is 1. The van der Waals surface area contributed by atoms with Crippen LogP contribution in [0.15, 0.2) is 48.6 Å². The summed E-state index contributed by atoms with van der Waals surface area (Å²) in [7, 11) is 0. The van der Waals surface area contributed by atoms with E-state index >= 15 is 0 Å². The number of unbranched alkanes of at least 4 members (excludes halogenated alkanes) is 11. The molecule has 0 aliphatic heterocycles. The maximum atomic E-state index is 11.7. The predicted octanol–water partition coefficient (Wildman–Crippen LogP) is 8.79. The zero-order valence-corrected chi connectivity index (χ0v) is 21.5. The normalized spacial score (nSPS) is 12.2. The first kappa shape index (κ1) is 31.4. The maximum absolute atomic E-state index is 11.7. The van der Waals surface area contributed by atoms with Gasteiger partial charge in [0.1, 0.15) is 0 Å². The molecule has 0 rings (SSSR count). The van der Waals surface area contributed by atoms with E-state index in [-0.39, 0.29) is 5.97 Å². The highest BCUT2D eigenvalue weighted by molar-refractivity contribution is 5.69. The summed E-state index contributed by atoms with van der Waals surface area (Å²) < 4.78 is 5.32. The molecule has 0 aromatic heterocycles. The molecule has 0 fully saturated rings. The lowest BCUT2D eigenvalue weighted by atomic mass is 10.1. The summed E-state index contributed by atoms with van der Waals surface area (Å²) in [6.07, 6.45) is 37.4. The highest BCUT2D eigenvalue weighted by atomic mass is 16.5. The lowest BCUT2D eigenvalue weighted by Crippen LogP contribution is -2.05. The molecule has 33 heavy (non-hydrogen) atoms. The lowest BCUT2D eigenvalue weighted by molar-refractivity contribution is -0.143. The summed E-state index contributed by atoms with van der Waals surface area (Å²) in [5.74, 6) is -0.0481. The largest absolute Gasteiger partial charge is 0.466 e. The summed E-state index contributed by atoms with van der Waals surface area (Å²) in [4.78, 5) is 11.7. The van der Waals surface area contributed by atoms with Gasteiger partial charge in [-0.05, 0) is 64.2 Å². The van der Waals surface area contributed by atoms with Crippen LogP contribution >= 0.6 is 0 Å². The van der Waals surface area contributed by atoms with Crippen LogP contribution in [-0.2, 0) is 9.53 Å². The first-order chi connectivity index (χ1) is 16.3. The molecule has 0 atom stereocenters. The van der Waals surface area contributed by atoms with Crippen LogP contribution in [0.5, 0.6) is 0 Å². The lowest BCUT2D eigenvalue weighted by Gasteiger charge is -2.04. The second-order valence-corrected chi connectivity index (χ2v) is 8.75. The molecule has 3 nitrogen and oxygen atoms in total. The fourth-order valence-electron chi connectivity index (χ4n) is 3.45. The Morgan fingerprint density at radius 2 is 1.09 bits per heavy atom. The Morgan fingerprint density at radius 3 is 1.64 bits per heavy atom. The number of aliphatic hydroxyl groups excluding tert-OH is 1.